The van der Waals surface area contributed by atoms with Gasteiger partial charge in [-0.05, 0) is 41.0 Å². The van der Waals surface area contributed by atoms with E-state index in [1.54, 1.807) is 0 Å². The SMILES string of the molecule is CCC(C)(C)c1ccc(OCC(=O)c2cccs2)cc1. The summed E-state index contributed by atoms with van der Waals surface area (Å²) >= 11 is 1.45. The van der Waals surface area contributed by atoms with Gasteiger partial charge in [-0.3, -0.25) is 4.79 Å². The molecule has 0 atom stereocenters. The molecule has 0 saturated heterocycles. The molecule has 2 rings (SSSR count). The summed E-state index contributed by atoms with van der Waals surface area (Å²) in [7, 11) is 0. The molecule has 1 aromatic carbocycles. The van der Waals surface area contributed by atoms with E-state index in [-0.39, 0.29) is 17.8 Å². The predicted octanol–water partition coefficient (Wildman–Crippen LogP) is 4.70. The van der Waals surface area contributed by atoms with E-state index in [1.807, 2.05) is 29.6 Å². The Morgan fingerprint density at radius 1 is 1.20 bits per heavy atom. The van der Waals surface area contributed by atoms with Crippen LogP contribution < -0.4 is 4.74 Å². The normalized spacial score (nSPS) is 11.3. The average molecular weight is 288 g/mol. The number of hydrogen-bond donors (Lipinski definition) is 0. The number of hydrogen-bond acceptors (Lipinski definition) is 3. The van der Waals surface area contributed by atoms with Gasteiger partial charge in [0.2, 0.25) is 5.78 Å². The van der Waals surface area contributed by atoms with Crippen molar-refractivity contribution in [2.75, 3.05) is 6.61 Å². The Morgan fingerprint density at radius 3 is 2.45 bits per heavy atom. The Labute approximate surface area is 124 Å². The molecule has 106 valence electrons. The number of rotatable bonds is 6. The summed E-state index contributed by atoms with van der Waals surface area (Å²) < 4.78 is 5.55. The van der Waals surface area contributed by atoms with E-state index in [4.69, 9.17) is 4.74 Å². The molecule has 0 radical (unpaired) electrons. The molecular weight excluding hydrogens is 268 g/mol. The standard InChI is InChI=1S/C17H20O2S/c1-4-17(2,3)13-7-9-14(10-8-13)19-12-15(18)16-6-5-11-20-16/h5-11H,4,12H2,1-3H3. The zero-order valence-corrected chi connectivity index (χ0v) is 13.0. The quantitative estimate of drug-likeness (QED) is 0.720. The van der Waals surface area contributed by atoms with Gasteiger partial charge in [-0.2, -0.15) is 0 Å². The Bertz CT molecular complexity index is 553. The van der Waals surface area contributed by atoms with E-state index in [2.05, 4.69) is 32.9 Å². The van der Waals surface area contributed by atoms with Crippen LogP contribution in [0.2, 0.25) is 0 Å². The van der Waals surface area contributed by atoms with Crippen LogP contribution in [-0.2, 0) is 5.41 Å². The molecule has 0 aliphatic heterocycles. The zero-order valence-electron chi connectivity index (χ0n) is 12.2. The summed E-state index contributed by atoms with van der Waals surface area (Å²) in [5, 5.41) is 1.90. The third-order valence-electron chi connectivity index (χ3n) is 3.69. The average Bonchev–Trinajstić information content (AvgIpc) is 2.99. The largest absolute Gasteiger partial charge is 0.485 e. The minimum absolute atomic E-state index is 0.0259. The van der Waals surface area contributed by atoms with Crippen LogP contribution in [0.5, 0.6) is 5.75 Å². The highest BCUT2D eigenvalue weighted by Crippen LogP contribution is 2.28. The predicted molar refractivity (Wildman–Crippen MR) is 83.9 cm³/mol. The molecule has 3 heteroatoms. The number of ketones is 1. The van der Waals surface area contributed by atoms with Crippen LogP contribution in [0.1, 0.15) is 42.4 Å². The van der Waals surface area contributed by atoms with Gasteiger partial charge >= 0.3 is 0 Å². The molecule has 0 unspecified atom stereocenters. The van der Waals surface area contributed by atoms with Gasteiger partial charge in [-0.1, -0.05) is 39.0 Å². The van der Waals surface area contributed by atoms with Gasteiger partial charge in [0.1, 0.15) is 5.75 Å². The van der Waals surface area contributed by atoms with Crippen LogP contribution in [0.3, 0.4) is 0 Å². The van der Waals surface area contributed by atoms with Crippen molar-refractivity contribution in [2.45, 2.75) is 32.6 Å². The Balaban J connectivity index is 1.96. The first kappa shape index (κ1) is 14.8. The van der Waals surface area contributed by atoms with Crippen molar-refractivity contribution in [1.29, 1.82) is 0 Å². The second kappa shape index (κ2) is 6.23. The van der Waals surface area contributed by atoms with Gasteiger partial charge in [-0.15, -0.1) is 11.3 Å². The van der Waals surface area contributed by atoms with E-state index < -0.39 is 0 Å². The maximum absolute atomic E-state index is 11.8. The lowest BCUT2D eigenvalue weighted by Gasteiger charge is -2.23. The van der Waals surface area contributed by atoms with E-state index in [1.165, 1.54) is 16.9 Å². The Kier molecular flexibility index (Phi) is 4.61. The first-order valence-electron chi connectivity index (χ1n) is 6.83. The molecular formula is C17H20O2S. The van der Waals surface area contributed by atoms with Gasteiger partial charge in [-0.25, -0.2) is 0 Å². The van der Waals surface area contributed by atoms with E-state index in [9.17, 15) is 4.79 Å². The third kappa shape index (κ3) is 3.48. The molecule has 1 aromatic heterocycles. The first-order valence-corrected chi connectivity index (χ1v) is 7.71. The maximum atomic E-state index is 11.8. The van der Waals surface area contributed by atoms with Crippen molar-refractivity contribution in [2.24, 2.45) is 0 Å². The lowest BCUT2D eigenvalue weighted by Crippen LogP contribution is -2.15. The summed E-state index contributed by atoms with van der Waals surface area (Å²) in [5.74, 6) is 0.767. The van der Waals surface area contributed by atoms with Crippen LogP contribution >= 0.6 is 11.3 Å². The number of carbonyl (C=O) groups excluding carboxylic acids is 1. The number of Topliss-reactive ketones (excluding diaryl/α,β-unsaturated/α-hetero) is 1. The summed E-state index contributed by atoms with van der Waals surface area (Å²) in [6, 6.07) is 11.7. The number of thiophene rings is 1. The minimum Gasteiger partial charge on any atom is -0.485 e. The molecule has 0 aliphatic carbocycles. The third-order valence-corrected chi connectivity index (χ3v) is 4.60. The number of benzene rings is 1. The fraction of sp³-hybridized carbons (Fsp3) is 0.353. The lowest BCUT2D eigenvalue weighted by atomic mass is 9.82. The minimum atomic E-state index is 0.0259. The highest BCUT2D eigenvalue weighted by molar-refractivity contribution is 7.12. The summed E-state index contributed by atoms with van der Waals surface area (Å²) in [5.41, 5.74) is 1.46. The van der Waals surface area contributed by atoms with Crippen LogP contribution in [0.4, 0.5) is 0 Å². The highest BCUT2D eigenvalue weighted by Gasteiger charge is 2.17. The van der Waals surface area contributed by atoms with Gasteiger partial charge in [0.05, 0.1) is 4.88 Å². The molecule has 2 nitrogen and oxygen atoms in total. The summed E-state index contributed by atoms with van der Waals surface area (Å²) in [6.07, 6.45) is 1.09. The molecule has 0 bridgehead atoms. The number of carbonyl (C=O) groups is 1. The molecule has 0 N–H and O–H groups in total. The van der Waals surface area contributed by atoms with Crippen LogP contribution in [0.15, 0.2) is 41.8 Å². The second-order valence-electron chi connectivity index (χ2n) is 5.45. The molecule has 0 amide bonds. The van der Waals surface area contributed by atoms with Crippen LogP contribution in [0.25, 0.3) is 0 Å². The summed E-state index contributed by atoms with van der Waals surface area (Å²) in [6.45, 7) is 6.73. The first-order chi connectivity index (χ1) is 9.53. The fourth-order valence-electron chi connectivity index (χ4n) is 1.86. The Morgan fingerprint density at radius 2 is 1.90 bits per heavy atom. The molecule has 0 aliphatic rings. The lowest BCUT2D eigenvalue weighted by molar-refractivity contribution is 0.0925. The Hall–Kier alpha value is -1.61. The van der Waals surface area contributed by atoms with Crippen molar-refractivity contribution < 1.29 is 9.53 Å². The topological polar surface area (TPSA) is 26.3 Å². The van der Waals surface area contributed by atoms with Crippen molar-refractivity contribution in [3.05, 3.63) is 52.2 Å². The van der Waals surface area contributed by atoms with Gasteiger partial charge in [0, 0.05) is 0 Å². The van der Waals surface area contributed by atoms with Gasteiger partial charge < -0.3 is 4.74 Å². The second-order valence-corrected chi connectivity index (χ2v) is 6.40. The summed E-state index contributed by atoms with van der Waals surface area (Å²) in [4.78, 5) is 12.6. The molecule has 0 fully saturated rings. The molecule has 1 heterocycles. The smallest absolute Gasteiger partial charge is 0.210 e. The van der Waals surface area contributed by atoms with E-state index in [0.29, 0.717) is 0 Å². The van der Waals surface area contributed by atoms with Gasteiger partial charge in [0.15, 0.2) is 6.61 Å². The van der Waals surface area contributed by atoms with Crippen molar-refractivity contribution >= 4 is 17.1 Å². The molecule has 0 spiro atoms. The molecule has 0 saturated carbocycles. The van der Waals surface area contributed by atoms with E-state index in [0.717, 1.165) is 17.0 Å². The molecule has 20 heavy (non-hydrogen) atoms. The van der Waals surface area contributed by atoms with Gasteiger partial charge in [0.25, 0.3) is 0 Å². The fourth-order valence-corrected chi connectivity index (χ4v) is 2.51. The van der Waals surface area contributed by atoms with Crippen LogP contribution in [0, 0.1) is 0 Å². The van der Waals surface area contributed by atoms with Crippen molar-refractivity contribution in [3.63, 3.8) is 0 Å². The molecule has 2 aromatic rings. The van der Waals surface area contributed by atoms with Crippen molar-refractivity contribution in [3.8, 4) is 5.75 Å². The maximum Gasteiger partial charge on any atom is 0.210 e. The monoisotopic (exact) mass is 288 g/mol. The van der Waals surface area contributed by atoms with E-state index >= 15 is 0 Å². The number of ether oxygens (including phenoxy) is 1. The highest BCUT2D eigenvalue weighted by atomic mass is 32.1. The van der Waals surface area contributed by atoms with Crippen molar-refractivity contribution in [1.82, 2.24) is 0 Å². The van der Waals surface area contributed by atoms with Crippen LogP contribution in [-0.4, -0.2) is 12.4 Å². The zero-order chi connectivity index (χ0) is 14.6.